The van der Waals surface area contributed by atoms with Gasteiger partial charge in [0.2, 0.25) is 5.91 Å². The molecule has 0 heterocycles. The maximum absolute atomic E-state index is 10.7. The Labute approximate surface area is 174 Å². The number of carbonyl (C=O) groups excluding carboxylic acids is 1. The van der Waals surface area contributed by atoms with Gasteiger partial charge in [-0.15, -0.1) is 0 Å². The fraction of sp³-hybridized carbons (Fsp3) is 0.960. The average Bonchev–Trinajstić information content (AvgIpc) is 2.53. The van der Waals surface area contributed by atoms with E-state index in [-0.39, 0.29) is 13.3 Å². The molecular formula is C25H57NO. The second-order valence-corrected chi connectivity index (χ2v) is 8.90. The third-order valence-corrected chi connectivity index (χ3v) is 4.35. The molecule has 0 N–H and O–H groups in total. The lowest BCUT2D eigenvalue weighted by Gasteiger charge is -2.15. The molecule has 0 radical (unpaired) electrons. The van der Waals surface area contributed by atoms with Gasteiger partial charge in [-0.05, 0) is 24.2 Å². The highest BCUT2D eigenvalue weighted by Crippen LogP contribution is 2.07. The zero-order valence-corrected chi connectivity index (χ0v) is 20.2. The van der Waals surface area contributed by atoms with Crippen molar-refractivity contribution in [3.05, 3.63) is 0 Å². The van der Waals surface area contributed by atoms with E-state index in [2.05, 4.69) is 55.4 Å². The Bertz CT molecular complexity index is 257. The van der Waals surface area contributed by atoms with Gasteiger partial charge < -0.3 is 4.90 Å². The van der Waals surface area contributed by atoms with E-state index in [9.17, 15) is 4.79 Å². The molecule has 0 aliphatic heterocycles. The Balaban J connectivity index is -0.000000146. The summed E-state index contributed by atoms with van der Waals surface area (Å²) in [6.45, 7) is 20.5. The Hall–Kier alpha value is -0.530. The van der Waals surface area contributed by atoms with Crippen LogP contribution in [-0.2, 0) is 4.79 Å². The molecule has 0 rings (SSSR count). The van der Waals surface area contributed by atoms with Crippen molar-refractivity contribution in [2.24, 2.45) is 17.8 Å². The molecule has 0 unspecified atom stereocenters. The van der Waals surface area contributed by atoms with Crippen molar-refractivity contribution in [1.29, 1.82) is 0 Å². The first-order chi connectivity index (χ1) is 12.1. The van der Waals surface area contributed by atoms with Crippen molar-refractivity contribution in [2.75, 3.05) is 13.6 Å². The van der Waals surface area contributed by atoms with Crippen molar-refractivity contribution >= 4 is 5.91 Å². The van der Waals surface area contributed by atoms with Crippen LogP contribution in [-0.4, -0.2) is 24.4 Å². The number of carbonyl (C=O) groups is 1. The molecule has 0 saturated heterocycles. The molecule has 0 aromatic carbocycles. The van der Waals surface area contributed by atoms with E-state index < -0.39 is 0 Å². The first-order valence-electron chi connectivity index (χ1n) is 11.3. The zero-order valence-electron chi connectivity index (χ0n) is 20.2. The van der Waals surface area contributed by atoms with Crippen LogP contribution >= 0.6 is 0 Å². The minimum Gasteiger partial charge on any atom is -0.346 e. The quantitative estimate of drug-likeness (QED) is 0.325. The van der Waals surface area contributed by atoms with Crippen LogP contribution in [0.4, 0.5) is 0 Å². The molecule has 0 saturated carbocycles. The molecule has 1 amide bonds. The molecule has 0 fully saturated rings. The highest BCUT2D eigenvalue weighted by atomic mass is 16.2. The molecule has 0 bridgehead atoms. The Morgan fingerprint density at radius 3 is 1.26 bits per heavy atom. The summed E-state index contributed by atoms with van der Waals surface area (Å²) in [6, 6.07) is 0. The summed E-state index contributed by atoms with van der Waals surface area (Å²) in [6.07, 6.45) is 12.3. The van der Waals surface area contributed by atoms with Gasteiger partial charge in [0.25, 0.3) is 0 Å². The Morgan fingerprint density at radius 2 is 1.04 bits per heavy atom. The average molecular weight is 388 g/mol. The van der Waals surface area contributed by atoms with Crippen molar-refractivity contribution in [3.8, 4) is 0 Å². The van der Waals surface area contributed by atoms with Crippen molar-refractivity contribution in [3.63, 3.8) is 0 Å². The summed E-state index contributed by atoms with van der Waals surface area (Å²) in [7, 11) is 1.84. The molecular weight excluding hydrogens is 330 g/mol. The molecule has 27 heavy (non-hydrogen) atoms. The number of rotatable bonds is 11. The molecule has 0 aliphatic carbocycles. The largest absolute Gasteiger partial charge is 0.346 e. The minimum atomic E-state index is 0. The number of amides is 1. The van der Waals surface area contributed by atoms with Crippen LogP contribution in [0.15, 0.2) is 0 Å². The molecule has 0 spiro atoms. The van der Waals surface area contributed by atoms with Crippen LogP contribution < -0.4 is 0 Å². The third kappa shape index (κ3) is 41.1. The molecule has 0 aromatic rings. The van der Waals surface area contributed by atoms with E-state index in [0.29, 0.717) is 5.92 Å². The van der Waals surface area contributed by atoms with Gasteiger partial charge in [0.1, 0.15) is 0 Å². The maximum Gasteiger partial charge on any atom is 0.219 e. The van der Waals surface area contributed by atoms with E-state index in [1.807, 2.05) is 7.05 Å². The summed E-state index contributed by atoms with van der Waals surface area (Å²) < 4.78 is 0. The minimum absolute atomic E-state index is 0. The Kier molecular flexibility index (Phi) is 32.1. The summed E-state index contributed by atoms with van der Waals surface area (Å²) >= 11 is 0. The van der Waals surface area contributed by atoms with E-state index in [1.165, 1.54) is 51.4 Å². The predicted molar refractivity (Wildman–Crippen MR) is 127 cm³/mol. The topological polar surface area (TPSA) is 20.3 Å². The van der Waals surface area contributed by atoms with E-state index >= 15 is 0 Å². The van der Waals surface area contributed by atoms with Gasteiger partial charge in [-0.1, -0.05) is 114 Å². The summed E-state index contributed by atoms with van der Waals surface area (Å²) in [5.41, 5.74) is 0. The van der Waals surface area contributed by atoms with Crippen LogP contribution in [0, 0.1) is 17.8 Å². The van der Waals surface area contributed by atoms with Crippen LogP contribution in [0.2, 0.25) is 0 Å². The van der Waals surface area contributed by atoms with Gasteiger partial charge in [0.05, 0.1) is 0 Å². The molecule has 168 valence electrons. The van der Waals surface area contributed by atoms with Crippen LogP contribution in [0.25, 0.3) is 0 Å². The lowest BCUT2D eigenvalue weighted by Crippen LogP contribution is -2.25. The van der Waals surface area contributed by atoms with E-state index in [1.54, 1.807) is 11.8 Å². The Morgan fingerprint density at radius 1 is 0.704 bits per heavy atom. The van der Waals surface area contributed by atoms with E-state index in [4.69, 9.17) is 0 Å². The summed E-state index contributed by atoms with van der Waals surface area (Å²) in [4.78, 5) is 12.4. The fourth-order valence-electron chi connectivity index (χ4n) is 2.21. The maximum atomic E-state index is 10.7. The second kappa shape index (κ2) is 25.5. The van der Waals surface area contributed by atoms with Gasteiger partial charge in [-0.2, -0.15) is 0 Å². The van der Waals surface area contributed by atoms with Gasteiger partial charge in [-0.25, -0.2) is 0 Å². The molecule has 2 heteroatoms. The second-order valence-electron chi connectivity index (χ2n) is 8.90. The molecule has 0 aliphatic rings. The standard InChI is InChI=1S/C8H17NO.2C8H18.CH4/c1-7(2)5-6-9(4)8(3)10;2*1-4-5-6-7-8(2)3;/h7H,5-6H2,1-4H3;2*8H,4-7H2,1-3H3;1H4. The first kappa shape index (κ1) is 34.0. The number of hydrogen-bond donors (Lipinski definition) is 0. The van der Waals surface area contributed by atoms with Crippen molar-refractivity contribution < 1.29 is 4.79 Å². The highest BCUT2D eigenvalue weighted by molar-refractivity contribution is 5.72. The van der Waals surface area contributed by atoms with Gasteiger partial charge in [0.15, 0.2) is 0 Å². The van der Waals surface area contributed by atoms with Crippen molar-refractivity contribution in [2.45, 2.75) is 128 Å². The fourth-order valence-corrected chi connectivity index (χ4v) is 2.21. The predicted octanol–water partition coefficient (Wildman–Crippen LogP) is 8.59. The van der Waals surface area contributed by atoms with Crippen LogP contribution in [0.3, 0.4) is 0 Å². The lowest BCUT2D eigenvalue weighted by atomic mass is 10.1. The van der Waals surface area contributed by atoms with E-state index in [0.717, 1.165) is 24.8 Å². The highest BCUT2D eigenvalue weighted by Gasteiger charge is 2.01. The normalized spacial score (nSPS) is 9.96. The van der Waals surface area contributed by atoms with Crippen LogP contribution in [0.1, 0.15) is 128 Å². The summed E-state index contributed by atoms with van der Waals surface area (Å²) in [5.74, 6) is 2.64. The molecule has 0 atom stereocenters. The SMILES string of the molecule is C.CC(=O)N(C)CCC(C)C.CCCCCC(C)C.CCCCCC(C)C. The summed E-state index contributed by atoms with van der Waals surface area (Å²) in [5, 5.41) is 0. The van der Waals surface area contributed by atoms with Crippen LogP contribution in [0.5, 0.6) is 0 Å². The first-order valence-corrected chi connectivity index (χ1v) is 11.3. The zero-order chi connectivity index (χ0) is 21.0. The van der Waals surface area contributed by atoms with Gasteiger partial charge in [-0.3, -0.25) is 4.79 Å². The lowest BCUT2D eigenvalue weighted by molar-refractivity contribution is -0.127. The number of hydrogen-bond acceptors (Lipinski definition) is 1. The monoisotopic (exact) mass is 387 g/mol. The smallest absolute Gasteiger partial charge is 0.219 e. The van der Waals surface area contributed by atoms with Gasteiger partial charge >= 0.3 is 0 Å². The molecule has 0 aromatic heterocycles. The van der Waals surface area contributed by atoms with Gasteiger partial charge in [0, 0.05) is 20.5 Å². The number of nitrogens with zero attached hydrogens (tertiary/aromatic N) is 1. The van der Waals surface area contributed by atoms with Crippen molar-refractivity contribution in [1.82, 2.24) is 4.90 Å². The third-order valence-electron chi connectivity index (χ3n) is 4.35. The molecule has 2 nitrogen and oxygen atoms in total. The number of unbranched alkanes of at least 4 members (excludes halogenated alkanes) is 4.